The number of imidazole rings is 1. The summed E-state index contributed by atoms with van der Waals surface area (Å²) in [5, 5.41) is 8.04. The topological polar surface area (TPSA) is 78.6 Å². The third-order valence-electron chi connectivity index (χ3n) is 9.17. The molecule has 1 N–H and O–H groups in total. The van der Waals surface area contributed by atoms with Crippen molar-refractivity contribution in [2.75, 3.05) is 6.54 Å². The van der Waals surface area contributed by atoms with Gasteiger partial charge in [0.1, 0.15) is 5.54 Å². The average Bonchev–Trinajstić information content (AvgIpc) is 3.60. The molecule has 1 heterocycles. The molecule has 0 bridgehead atoms. The molecule has 6 nitrogen and oxygen atoms in total. The Balaban J connectivity index is 1.33. The molecule has 0 fully saturated rings. The smallest absolute Gasteiger partial charge is 0.198 e. The second kappa shape index (κ2) is 14.8. The number of rotatable bonds is 12. The van der Waals surface area contributed by atoms with Gasteiger partial charge in [0.15, 0.2) is 5.95 Å². The van der Waals surface area contributed by atoms with Crippen molar-refractivity contribution in [3.05, 3.63) is 244 Å². The summed E-state index contributed by atoms with van der Waals surface area (Å²) in [7, 11) is 0. The van der Waals surface area contributed by atoms with Gasteiger partial charge in [0, 0.05) is 17.7 Å². The van der Waals surface area contributed by atoms with Crippen LogP contribution in [-0.2, 0) is 11.1 Å². The molecule has 0 amide bonds. The number of hydrogen-bond donors (Lipinski definition) is 1. The van der Waals surface area contributed by atoms with Gasteiger partial charge in [-0.2, -0.15) is 0 Å². The largest absolute Gasteiger partial charge is 0.310 e. The molecule has 0 saturated heterocycles. The lowest BCUT2D eigenvalue weighted by atomic mass is 9.76. The molecule has 0 radical (unpaired) electrons. The highest BCUT2D eigenvalue weighted by molar-refractivity contribution is 5.56. The number of nitrogens with zero attached hydrogens (tertiary/aromatic N) is 5. The average molecular weight is 649 g/mol. The molecule has 0 unspecified atom stereocenters. The third-order valence-corrected chi connectivity index (χ3v) is 9.17. The van der Waals surface area contributed by atoms with Crippen LogP contribution in [-0.4, -0.2) is 16.1 Å². The highest BCUT2D eigenvalue weighted by Crippen LogP contribution is 2.43. The normalized spacial score (nSPS) is 11.7. The molecule has 7 rings (SSSR count). The van der Waals surface area contributed by atoms with Crippen LogP contribution in [0.1, 0.15) is 39.1 Å². The Kier molecular flexibility index (Phi) is 9.47. The van der Waals surface area contributed by atoms with Gasteiger partial charge in [-0.1, -0.05) is 188 Å². The van der Waals surface area contributed by atoms with Gasteiger partial charge in [-0.15, -0.1) is 0 Å². The van der Waals surface area contributed by atoms with Crippen molar-refractivity contribution in [3.63, 3.8) is 0 Å². The van der Waals surface area contributed by atoms with Crippen molar-refractivity contribution in [1.82, 2.24) is 14.9 Å². The Morgan fingerprint density at radius 1 is 0.560 bits per heavy atom. The Labute approximate surface area is 292 Å². The van der Waals surface area contributed by atoms with E-state index in [0.717, 1.165) is 33.4 Å². The Morgan fingerprint density at radius 2 is 0.920 bits per heavy atom. The fourth-order valence-corrected chi connectivity index (χ4v) is 7.04. The first kappa shape index (κ1) is 32.1. The van der Waals surface area contributed by atoms with Gasteiger partial charge in [0.2, 0.25) is 0 Å². The van der Waals surface area contributed by atoms with Gasteiger partial charge in [-0.25, -0.2) is 4.98 Å². The van der Waals surface area contributed by atoms with Gasteiger partial charge in [0.25, 0.3) is 0 Å². The number of hydrogen-bond acceptors (Lipinski definition) is 3. The van der Waals surface area contributed by atoms with Crippen molar-refractivity contribution in [1.29, 1.82) is 0 Å². The SMILES string of the molecule is [N-]=[N+]=Nc1nc(/C=C/CNC(c2ccccc2)(c2ccccc2)c2ccccc2)cn1C(c1ccccc1)(c1ccccc1)c1ccccc1. The van der Waals surface area contributed by atoms with E-state index in [1.807, 2.05) is 89.6 Å². The number of nitrogens with one attached hydrogen (secondary N) is 1. The molecule has 242 valence electrons. The molecule has 0 aliphatic carbocycles. The summed E-state index contributed by atoms with van der Waals surface area (Å²) in [6, 6.07) is 62.5. The first-order chi connectivity index (χ1) is 24.8. The van der Waals surface area contributed by atoms with Crippen LogP contribution in [0.25, 0.3) is 16.5 Å². The van der Waals surface area contributed by atoms with E-state index in [4.69, 9.17) is 4.98 Å². The quantitative estimate of drug-likeness (QED) is 0.0619. The molecule has 0 aliphatic heterocycles. The minimum absolute atomic E-state index is 0.267. The molecule has 0 saturated carbocycles. The van der Waals surface area contributed by atoms with Crippen LogP contribution in [0.3, 0.4) is 0 Å². The summed E-state index contributed by atoms with van der Waals surface area (Å²) in [6.45, 7) is 0.531. The van der Waals surface area contributed by atoms with Crippen LogP contribution in [0, 0.1) is 0 Å². The van der Waals surface area contributed by atoms with Gasteiger partial charge in [0.05, 0.1) is 11.2 Å². The first-order valence-electron chi connectivity index (χ1n) is 16.7. The van der Waals surface area contributed by atoms with Crippen LogP contribution in [0.2, 0.25) is 0 Å². The zero-order valence-corrected chi connectivity index (χ0v) is 27.5. The standard InChI is InChI=1S/C44H36N6/c45-49-48-42-47-41(34-50(42)44(38-26-13-4-14-27-38,39-28-15-5-16-29-39)40-30-17-6-18-31-40)32-19-33-46-43(35-20-7-1-8-21-35,36-22-9-2-10-23-36)37-24-11-3-12-25-37/h1-32,34,46H,33H2/b32-19+. The van der Waals surface area contributed by atoms with Crippen LogP contribution in [0.4, 0.5) is 5.95 Å². The summed E-state index contributed by atoms with van der Waals surface area (Å²) in [5.74, 6) is 0.267. The predicted molar refractivity (Wildman–Crippen MR) is 202 cm³/mol. The van der Waals surface area contributed by atoms with Crippen LogP contribution < -0.4 is 5.32 Å². The van der Waals surface area contributed by atoms with E-state index in [2.05, 4.69) is 131 Å². The van der Waals surface area contributed by atoms with E-state index < -0.39 is 11.1 Å². The second-order valence-corrected chi connectivity index (χ2v) is 12.0. The fourth-order valence-electron chi connectivity index (χ4n) is 7.04. The molecule has 6 aromatic carbocycles. The van der Waals surface area contributed by atoms with E-state index in [1.165, 1.54) is 0 Å². The molecular formula is C44H36N6. The van der Waals surface area contributed by atoms with Gasteiger partial charge >= 0.3 is 0 Å². The summed E-state index contributed by atoms with van der Waals surface area (Å²) < 4.78 is 2.00. The van der Waals surface area contributed by atoms with Crippen molar-refractivity contribution in [2.24, 2.45) is 5.11 Å². The summed E-state index contributed by atoms with van der Waals surface area (Å²) in [6.07, 6.45) is 6.04. The minimum atomic E-state index is -0.867. The van der Waals surface area contributed by atoms with Crippen molar-refractivity contribution < 1.29 is 0 Å². The Morgan fingerprint density at radius 3 is 1.28 bits per heavy atom. The molecule has 7 aromatic rings. The third kappa shape index (κ3) is 6.01. The van der Waals surface area contributed by atoms with Crippen LogP contribution in [0.15, 0.2) is 199 Å². The lowest BCUT2D eigenvalue weighted by Crippen LogP contribution is -2.44. The summed E-state index contributed by atoms with van der Waals surface area (Å²) in [5.41, 5.74) is 15.4. The van der Waals surface area contributed by atoms with E-state index >= 15 is 0 Å². The molecule has 6 heteroatoms. The highest BCUT2D eigenvalue weighted by Gasteiger charge is 2.40. The zero-order valence-electron chi connectivity index (χ0n) is 27.5. The summed E-state index contributed by atoms with van der Waals surface area (Å²) >= 11 is 0. The fraction of sp³-hybridized carbons (Fsp3) is 0.0682. The molecule has 0 atom stereocenters. The minimum Gasteiger partial charge on any atom is -0.310 e. The van der Waals surface area contributed by atoms with E-state index in [-0.39, 0.29) is 5.95 Å². The number of benzene rings is 6. The number of azide groups is 1. The lowest BCUT2D eigenvalue weighted by Gasteiger charge is -2.38. The predicted octanol–water partition coefficient (Wildman–Crippen LogP) is 10.3. The van der Waals surface area contributed by atoms with Crippen LogP contribution in [0.5, 0.6) is 0 Å². The molecule has 0 aliphatic rings. The lowest BCUT2D eigenvalue weighted by molar-refractivity contribution is 0.501. The van der Waals surface area contributed by atoms with Gasteiger partial charge < -0.3 is 4.57 Å². The summed E-state index contributed by atoms with van der Waals surface area (Å²) in [4.78, 5) is 8.09. The first-order valence-corrected chi connectivity index (χ1v) is 16.7. The van der Waals surface area contributed by atoms with E-state index in [1.54, 1.807) is 0 Å². The monoisotopic (exact) mass is 648 g/mol. The van der Waals surface area contributed by atoms with Crippen molar-refractivity contribution in [2.45, 2.75) is 11.1 Å². The molecule has 0 spiro atoms. The Bertz CT molecular complexity index is 2000. The molecular weight excluding hydrogens is 613 g/mol. The second-order valence-electron chi connectivity index (χ2n) is 12.0. The van der Waals surface area contributed by atoms with E-state index in [0.29, 0.717) is 12.2 Å². The maximum atomic E-state index is 9.74. The zero-order chi connectivity index (χ0) is 34.1. The van der Waals surface area contributed by atoms with Crippen LogP contribution >= 0.6 is 0 Å². The number of aromatic nitrogens is 2. The molecule has 50 heavy (non-hydrogen) atoms. The highest BCUT2D eigenvalue weighted by atomic mass is 15.3. The van der Waals surface area contributed by atoms with Crippen molar-refractivity contribution >= 4 is 12.0 Å². The maximum absolute atomic E-state index is 9.74. The maximum Gasteiger partial charge on any atom is 0.198 e. The Hall–Kier alpha value is -6.46. The van der Waals surface area contributed by atoms with Crippen molar-refractivity contribution in [3.8, 4) is 0 Å². The molecule has 1 aromatic heterocycles. The van der Waals surface area contributed by atoms with Gasteiger partial charge in [-0.3, -0.25) is 5.32 Å². The van der Waals surface area contributed by atoms with Gasteiger partial charge in [-0.05, 0) is 50.1 Å². The van der Waals surface area contributed by atoms with E-state index in [9.17, 15) is 5.53 Å².